The zero-order valence-electron chi connectivity index (χ0n) is 11.9. The molecule has 2 nitrogen and oxygen atoms in total. The molecule has 0 heterocycles. The molecule has 1 aliphatic carbocycles. The summed E-state index contributed by atoms with van der Waals surface area (Å²) in [4.78, 5) is 12.4. The van der Waals surface area contributed by atoms with Crippen molar-refractivity contribution in [2.45, 2.75) is 57.5 Å². The largest absolute Gasteiger partial charge is 0.368 e. The Hall–Kier alpha value is -1.15. The Labute approximate surface area is 116 Å². The SMILES string of the molecule is CCOC1(C(=O)CCCc2ccccc2)CCCC1. The van der Waals surface area contributed by atoms with E-state index in [4.69, 9.17) is 4.74 Å². The first-order valence-electron chi connectivity index (χ1n) is 7.48. The maximum absolute atomic E-state index is 12.4. The Morgan fingerprint density at radius 3 is 2.53 bits per heavy atom. The van der Waals surface area contributed by atoms with E-state index >= 15 is 0 Å². The van der Waals surface area contributed by atoms with Crippen LogP contribution in [-0.4, -0.2) is 18.0 Å². The molecule has 0 bridgehead atoms. The second kappa shape index (κ2) is 6.85. The van der Waals surface area contributed by atoms with Crippen LogP contribution in [0.4, 0.5) is 0 Å². The van der Waals surface area contributed by atoms with Gasteiger partial charge in [0.1, 0.15) is 5.60 Å². The van der Waals surface area contributed by atoms with E-state index in [1.165, 1.54) is 5.56 Å². The summed E-state index contributed by atoms with van der Waals surface area (Å²) in [6, 6.07) is 10.4. The number of hydrogen-bond acceptors (Lipinski definition) is 2. The fourth-order valence-electron chi connectivity index (χ4n) is 3.05. The van der Waals surface area contributed by atoms with Crippen LogP contribution in [0, 0.1) is 0 Å². The molecule has 2 rings (SSSR count). The minimum absolute atomic E-state index is 0.322. The van der Waals surface area contributed by atoms with Gasteiger partial charge in [-0.05, 0) is 51.0 Å². The van der Waals surface area contributed by atoms with Gasteiger partial charge >= 0.3 is 0 Å². The van der Waals surface area contributed by atoms with Crippen molar-refractivity contribution in [3.8, 4) is 0 Å². The Bertz CT molecular complexity index is 391. The summed E-state index contributed by atoms with van der Waals surface area (Å²) in [5.74, 6) is 0.322. The topological polar surface area (TPSA) is 26.3 Å². The second-order valence-electron chi connectivity index (χ2n) is 5.40. The molecule has 2 heteroatoms. The van der Waals surface area contributed by atoms with Gasteiger partial charge < -0.3 is 4.74 Å². The summed E-state index contributed by atoms with van der Waals surface area (Å²) in [5.41, 5.74) is 0.873. The average molecular weight is 260 g/mol. The first-order valence-corrected chi connectivity index (χ1v) is 7.48. The third-order valence-electron chi connectivity index (χ3n) is 4.05. The van der Waals surface area contributed by atoms with Crippen molar-refractivity contribution in [3.05, 3.63) is 35.9 Å². The lowest BCUT2D eigenvalue weighted by molar-refractivity contribution is -0.143. The molecule has 0 saturated heterocycles. The van der Waals surface area contributed by atoms with Crippen LogP contribution in [0.25, 0.3) is 0 Å². The molecule has 0 aromatic heterocycles. The monoisotopic (exact) mass is 260 g/mol. The molecule has 1 saturated carbocycles. The van der Waals surface area contributed by atoms with E-state index in [-0.39, 0.29) is 0 Å². The molecular weight excluding hydrogens is 236 g/mol. The molecule has 19 heavy (non-hydrogen) atoms. The molecule has 0 unspecified atom stereocenters. The van der Waals surface area contributed by atoms with Crippen molar-refractivity contribution < 1.29 is 9.53 Å². The molecular formula is C17H24O2. The van der Waals surface area contributed by atoms with Crippen LogP contribution in [0.5, 0.6) is 0 Å². The quantitative estimate of drug-likeness (QED) is 0.742. The molecule has 0 atom stereocenters. The van der Waals surface area contributed by atoms with Crippen molar-refractivity contribution in [1.29, 1.82) is 0 Å². The molecule has 1 fully saturated rings. The van der Waals surface area contributed by atoms with E-state index in [0.29, 0.717) is 18.8 Å². The van der Waals surface area contributed by atoms with Crippen LogP contribution < -0.4 is 0 Å². The van der Waals surface area contributed by atoms with Crippen molar-refractivity contribution >= 4 is 5.78 Å². The lowest BCUT2D eigenvalue weighted by Gasteiger charge is -2.27. The standard InChI is InChI=1S/C17H24O2/c1-2-19-17(13-6-7-14-17)16(18)12-8-11-15-9-4-3-5-10-15/h3-5,9-10H,2,6-8,11-14H2,1H3. The summed E-state index contributed by atoms with van der Waals surface area (Å²) in [6.45, 7) is 2.63. The highest BCUT2D eigenvalue weighted by Gasteiger charge is 2.40. The van der Waals surface area contributed by atoms with Crippen LogP contribution in [0.3, 0.4) is 0 Å². The molecule has 1 aromatic rings. The highest BCUT2D eigenvalue weighted by atomic mass is 16.5. The lowest BCUT2D eigenvalue weighted by Crippen LogP contribution is -2.38. The molecule has 0 N–H and O–H groups in total. The van der Waals surface area contributed by atoms with E-state index in [1.807, 2.05) is 13.0 Å². The van der Waals surface area contributed by atoms with Crippen molar-refractivity contribution in [2.24, 2.45) is 0 Å². The van der Waals surface area contributed by atoms with Crippen LogP contribution in [-0.2, 0) is 16.0 Å². The van der Waals surface area contributed by atoms with Gasteiger partial charge in [0.05, 0.1) is 0 Å². The van der Waals surface area contributed by atoms with Gasteiger partial charge in [0.15, 0.2) is 5.78 Å². The predicted octanol–water partition coefficient (Wildman–Crippen LogP) is 3.93. The van der Waals surface area contributed by atoms with E-state index < -0.39 is 5.60 Å². The summed E-state index contributed by atoms with van der Waals surface area (Å²) in [5, 5.41) is 0. The number of carbonyl (C=O) groups excluding carboxylic acids is 1. The third-order valence-corrected chi connectivity index (χ3v) is 4.05. The number of rotatable bonds is 7. The summed E-state index contributed by atoms with van der Waals surface area (Å²) >= 11 is 0. The van der Waals surface area contributed by atoms with Gasteiger partial charge in [-0.25, -0.2) is 0 Å². The summed E-state index contributed by atoms with van der Waals surface area (Å²) in [7, 11) is 0. The van der Waals surface area contributed by atoms with Gasteiger partial charge in [-0.3, -0.25) is 4.79 Å². The number of carbonyl (C=O) groups is 1. The number of ketones is 1. The smallest absolute Gasteiger partial charge is 0.164 e. The van der Waals surface area contributed by atoms with Gasteiger partial charge in [0.25, 0.3) is 0 Å². The normalized spacial score (nSPS) is 17.5. The van der Waals surface area contributed by atoms with Gasteiger partial charge in [-0.15, -0.1) is 0 Å². The van der Waals surface area contributed by atoms with E-state index in [0.717, 1.165) is 38.5 Å². The first kappa shape index (κ1) is 14.3. The van der Waals surface area contributed by atoms with Crippen LogP contribution >= 0.6 is 0 Å². The second-order valence-corrected chi connectivity index (χ2v) is 5.40. The van der Waals surface area contributed by atoms with Gasteiger partial charge in [-0.2, -0.15) is 0 Å². The van der Waals surface area contributed by atoms with Crippen LogP contribution in [0.15, 0.2) is 30.3 Å². The first-order chi connectivity index (χ1) is 9.27. The minimum Gasteiger partial charge on any atom is -0.368 e. The van der Waals surface area contributed by atoms with Gasteiger partial charge in [0, 0.05) is 13.0 Å². The molecule has 1 aliphatic rings. The van der Waals surface area contributed by atoms with Crippen molar-refractivity contribution in [1.82, 2.24) is 0 Å². The van der Waals surface area contributed by atoms with E-state index in [9.17, 15) is 4.79 Å². The third kappa shape index (κ3) is 3.66. The molecule has 104 valence electrons. The average Bonchev–Trinajstić information content (AvgIpc) is 2.90. The van der Waals surface area contributed by atoms with E-state index in [1.54, 1.807) is 0 Å². The minimum atomic E-state index is -0.439. The maximum atomic E-state index is 12.4. The summed E-state index contributed by atoms with van der Waals surface area (Å²) < 4.78 is 5.81. The fourth-order valence-corrected chi connectivity index (χ4v) is 3.05. The Morgan fingerprint density at radius 1 is 1.21 bits per heavy atom. The Balaban J connectivity index is 1.83. The van der Waals surface area contributed by atoms with Crippen LogP contribution in [0.1, 0.15) is 51.0 Å². The molecule has 0 radical (unpaired) electrons. The number of benzene rings is 1. The van der Waals surface area contributed by atoms with Gasteiger partial charge in [0.2, 0.25) is 0 Å². The number of ether oxygens (including phenoxy) is 1. The molecule has 0 spiro atoms. The maximum Gasteiger partial charge on any atom is 0.164 e. The zero-order chi connectivity index (χ0) is 13.6. The number of aryl methyl sites for hydroxylation is 1. The van der Waals surface area contributed by atoms with Crippen LogP contribution in [0.2, 0.25) is 0 Å². The molecule has 0 aliphatic heterocycles. The van der Waals surface area contributed by atoms with Crippen molar-refractivity contribution in [2.75, 3.05) is 6.61 Å². The van der Waals surface area contributed by atoms with E-state index in [2.05, 4.69) is 24.3 Å². The fraction of sp³-hybridized carbons (Fsp3) is 0.588. The lowest BCUT2D eigenvalue weighted by atomic mass is 9.92. The molecule has 1 aromatic carbocycles. The van der Waals surface area contributed by atoms with Crippen molar-refractivity contribution in [3.63, 3.8) is 0 Å². The number of hydrogen-bond donors (Lipinski definition) is 0. The highest BCUT2D eigenvalue weighted by molar-refractivity contribution is 5.87. The summed E-state index contributed by atoms with van der Waals surface area (Å²) in [6.07, 6.45) is 6.66. The Kier molecular flexibility index (Phi) is 5.15. The highest BCUT2D eigenvalue weighted by Crippen LogP contribution is 2.35. The Morgan fingerprint density at radius 2 is 1.89 bits per heavy atom. The predicted molar refractivity (Wildman–Crippen MR) is 77.2 cm³/mol. The zero-order valence-corrected chi connectivity index (χ0v) is 11.9. The number of Topliss-reactive ketones (excluding diaryl/α,β-unsaturated/α-hetero) is 1. The van der Waals surface area contributed by atoms with Gasteiger partial charge in [-0.1, -0.05) is 30.3 Å². The molecule has 0 amide bonds.